The molecular weight excluding hydrogens is 167 g/mol. The second-order valence-electron chi connectivity index (χ2n) is 2.57. The Bertz CT molecular complexity index is 252. The molecule has 2 nitrogen and oxygen atoms in total. The highest BCUT2D eigenvalue weighted by molar-refractivity contribution is 6.05. The molecule has 0 rings (SSSR count). The Morgan fingerprint density at radius 2 is 2.08 bits per heavy atom. The van der Waals surface area contributed by atoms with Crippen LogP contribution in [0, 0.1) is 10.8 Å². The van der Waals surface area contributed by atoms with Crippen molar-refractivity contribution in [2.75, 3.05) is 0 Å². The van der Waals surface area contributed by atoms with Crippen LogP contribution in [0.1, 0.15) is 26.7 Å². The highest BCUT2D eigenvalue weighted by Gasteiger charge is 2.06. The minimum Gasteiger partial charge on any atom is -0.313 e. The summed E-state index contributed by atoms with van der Waals surface area (Å²) in [4.78, 5) is 0. The third-order valence-electron chi connectivity index (χ3n) is 1.63. The first-order valence-corrected chi connectivity index (χ1v) is 4.25. The molecule has 0 unspecified atom stereocenters. The van der Waals surface area contributed by atoms with E-state index in [4.69, 9.17) is 10.8 Å². The van der Waals surface area contributed by atoms with Crippen molar-refractivity contribution >= 4 is 11.9 Å². The van der Waals surface area contributed by atoms with Gasteiger partial charge in [0.2, 0.25) is 0 Å². The predicted octanol–water partition coefficient (Wildman–Crippen LogP) is 3.26. The Hall–Kier alpha value is -1.25. The summed E-state index contributed by atoms with van der Waals surface area (Å²) in [6, 6.07) is 0. The van der Waals surface area contributed by atoms with Gasteiger partial charge in [-0.2, -0.15) is 0 Å². The number of allylic oxidation sites excluding steroid dienone is 4. The van der Waals surface area contributed by atoms with Gasteiger partial charge >= 0.3 is 0 Å². The molecule has 0 saturated carbocycles. The van der Waals surface area contributed by atoms with E-state index in [1.54, 1.807) is 19.9 Å². The van der Waals surface area contributed by atoms with E-state index in [9.17, 15) is 4.39 Å². The first-order chi connectivity index (χ1) is 6.17. The van der Waals surface area contributed by atoms with Crippen LogP contribution in [0.15, 0.2) is 23.6 Å². The van der Waals surface area contributed by atoms with Gasteiger partial charge in [-0.05, 0) is 19.4 Å². The topological polar surface area (TPSA) is 47.7 Å². The summed E-state index contributed by atoms with van der Waals surface area (Å²) < 4.78 is 13.2. The molecule has 0 atom stereocenters. The number of nitrogens with one attached hydrogen (secondary N) is 2. The zero-order valence-electron chi connectivity index (χ0n) is 8.02. The Morgan fingerprint density at radius 1 is 1.46 bits per heavy atom. The van der Waals surface area contributed by atoms with Crippen LogP contribution in [-0.2, 0) is 0 Å². The van der Waals surface area contributed by atoms with E-state index in [2.05, 4.69) is 0 Å². The van der Waals surface area contributed by atoms with Gasteiger partial charge in [0.25, 0.3) is 0 Å². The van der Waals surface area contributed by atoms with Crippen molar-refractivity contribution in [3.8, 4) is 0 Å². The number of hydrogen-bond donors (Lipinski definition) is 2. The SMILES string of the molecule is CC=CC(F)=C(CC)C(=N)CC=N. The second-order valence-corrected chi connectivity index (χ2v) is 2.57. The van der Waals surface area contributed by atoms with Crippen LogP contribution in [-0.4, -0.2) is 11.9 Å². The molecule has 0 spiro atoms. The Kier molecular flexibility index (Phi) is 5.68. The smallest absolute Gasteiger partial charge is 0.127 e. The monoisotopic (exact) mass is 182 g/mol. The Morgan fingerprint density at radius 3 is 2.46 bits per heavy atom. The maximum Gasteiger partial charge on any atom is 0.127 e. The zero-order chi connectivity index (χ0) is 10.3. The molecule has 0 fully saturated rings. The number of rotatable bonds is 5. The average Bonchev–Trinajstić information content (AvgIpc) is 2.06. The van der Waals surface area contributed by atoms with Gasteiger partial charge in [0.05, 0.1) is 0 Å². The summed E-state index contributed by atoms with van der Waals surface area (Å²) in [5, 5.41) is 14.3. The van der Waals surface area contributed by atoms with Crippen molar-refractivity contribution in [2.24, 2.45) is 0 Å². The molecular formula is C10H15FN2. The first kappa shape index (κ1) is 11.8. The van der Waals surface area contributed by atoms with E-state index >= 15 is 0 Å². The molecule has 0 amide bonds. The van der Waals surface area contributed by atoms with Crippen LogP contribution in [0.2, 0.25) is 0 Å². The summed E-state index contributed by atoms with van der Waals surface area (Å²) in [6.07, 6.45) is 4.75. The van der Waals surface area contributed by atoms with Crippen LogP contribution < -0.4 is 0 Å². The van der Waals surface area contributed by atoms with E-state index in [-0.39, 0.29) is 18.0 Å². The van der Waals surface area contributed by atoms with Crippen molar-refractivity contribution in [2.45, 2.75) is 26.7 Å². The molecule has 0 aliphatic rings. The third-order valence-corrected chi connectivity index (χ3v) is 1.63. The van der Waals surface area contributed by atoms with Gasteiger partial charge in [0.1, 0.15) is 5.83 Å². The molecule has 0 aromatic heterocycles. The fraction of sp³-hybridized carbons (Fsp3) is 0.400. The molecule has 0 aliphatic heterocycles. The van der Waals surface area contributed by atoms with Gasteiger partial charge in [-0.1, -0.05) is 13.0 Å². The average molecular weight is 182 g/mol. The molecule has 3 heteroatoms. The van der Waals surface area contributed by atoms with Crippen molar-refractivity contribution in [1.82, 2.24) is 0 Å². The van der Waals surface area contributed by atoms with Gasteiger partial charge in [-0.3, -0.25) is 0 Å². The van der Waals surface area contributed by atoms with Gasteiger partial charge in [-0.25, -0.2) is 4.39 Å². The quantitative estimate of drug-likeness (QED) is 0.484. The zero-order valence-corrected chi connectivity index (χ0v) is 8.02. The van der Waals surface area contributed by atoms with Gasteiger partial charge in [0, 0.05) is 23.9 Å². The van der Waals surface area contributed by atoms with Crippen molar-refractivity contribution in [1.29, 1.82) is 10.8 Å². The molecule has 0 saturated heterocycles. The van der Waals surface area contributed by atoms with Crippen LogP contribution in [0.3, 0.4) is 0 Å². The lowest BCUT2D eigenvalue weighted by Gasteiger charge is -2.04. The largest absolute Gasteiger partial charge is 0.313 e. The lowest BCUT2D eigenvalue weighted by molar-refractivity contribution is 0.654. The van der Waals surface area contributed by atoms with E-state index in [1.807, 2.05) is 0 Å². The molecule has 0 radical (unpaired) electrons. The lowest BCUT2D eigenvalue weighted by Crippen LogP contribution is -2.02. The van der Waals surface area contributed by atoms with E-state index in [1.165, 1.54) is 6.08 Å². The first-order valence-electron chi connectivity index (χ1n) is 4.25. The number of hydrogen-bond acceptors (Lipinski definition) is 2. The van der Waals surface area contributed by atoms with Crippen LogP contribution in [0.5, 0.6) is 0 Å². The predicted molar refractivity (Wildman–Crippen MR) is 54.4 cm³/mol. The summed E-state index contributed by atoms with van der Waals surface area (Å²) in [5.74, 6) is -0.364. The van der Waals surface area contributed by atoms with Gasteiger partial charge in [0.15, 0.2) is 0 Å². The van der Waals surface area contributed by atoms with Crippen molar-refractivity contribution in [3.63, 3.8) is 0 Å². The minimum absolute atomic E-state index is 0.188. The molecule has 0 aromatic rings. The lowest BCUT2D eigenvalue weighted by atomic mass is 10.0. The van der Waals surface area contributed by atoms with Gasteiger partial charge < -0.3 is 10.8 Å². The normalized spacial score (nSPS) is 12.8. The van der Waals surface area contributed by atoms with E-state index < -0.39 is 0 Å². The maximum atomic E-state index is 13.2. The molecule has 0 aliphatic carbocycles. The fourth-order valence-corrected chi connectivity index (χ4v) is 0.999. The summed E-state index contributed by atoms with van der Waals surface area (Å²) in [6.45, 7) is 3.53. The molecule has 72 valence electrons. The van der Waals surface area contributed by atoms with Crippen LogP contribution in [0.4, 0.5) is 4.39 Å². The Labute approximate surface area is 78.2 Å². The Balaban J connectivity index is 4.75. The standard InChI is InChI=1S/C10H15FN2/c1-3-5-9(11)8(4-2)10(13)6-7-12/h3,5,7,12-13H,4,6H2,1-2H3. The summed E-state index contributed by atoms with van der Waals surface area (Å²) in [7, 11) is 0. The van der Waals surface area contributed by atoms with Crippen molar-refractivity contribution < 1.29 is 4.39 Å². The van der Waals surface area contributed by atoms with Gasteiger partial charge in [-0.15, -0.1) is 0 Å². The van der Waals surface area contributed by atoms with Crippen LogP contribution >= 0.6 is 0 Å². The molecule has 13 heavy (non-hydrogen) atoms. The molecule has 2 N–H and O–H groups in total. The summed E-state index contributed by atoms with van der Waals surface area (Å²) >= 11 is 0. The summed E-state index contributed by atoms with van der Waals surface area (Å²) in [5.41, 5.74) is 0.578. The highest BCUT2D eigenvalue weighted by atomic mass is 19.1. The second kappa shape index (κ2) is 6.29. The van der Waals surface area contributed by atoms with E-state index in [0.29, 0.717) is 12.0 Å². The molecule has 0 heterocycles. The van der Waals surface area contributed by atoms with Crippen molar-refractivity contribution in [3.05, 3.63) is 23.6 Å². The van der Waals surface area contributed by atoms with Crippen LogP contribution in [0.25, 0.3) is 0 Å². The van der Waals surface area contributed by atoms with E-state index in [0.717, 1.165) is 6.21 Å². The number of halogens is 1. The third kappa shape index (κ3) is 3.78. The maximum absolute atomic E-state index is 13.2. The molecule has 0 bridgehead atoms. The molecule has 0 aromatic carbocycles. The highest BCUT2D eigenvalue weighted by Crippen LogP contribution is 2.14. The minimum atomic E-state index is -0.364. The fourth-order valence-electron chi connectivity index (χ4n) is 0.999.